The highest BCUT2D eigenvalue weighted by atomic mass is 16.5. The Labute approximate surface area is 170 Å². The Morgan fingerprint density at radius 3 is 2.38 bits per heavy atom. The summed E-state index contributed by atoms with van der Waals surface area (Å²) in [5.74, 6) is 2.17. The summed E-state index contributed by atoms with van der Waals surface area (Å²) in [7, 11) is 4.89. The second-order valence-corrected chi connectivity index (χ2v) is 7.10. The van der Waals surface area contributed by atoms with Crippen LogP contribution >= 0.6 is 0 Å². The van der Waals surface area contributed by atoms with E-state index in [4.69, 9.17) is 14.2 Å². The first-order chi connectivity index (χ1) is 14.1. The minimum atomic E-state index is -0.0740. The molecule has 4 rings (SSSR count). The molecule has 1 aromatic heterocycles. The zero-order valence-corrected chi connectivity index (χ0v) is 16.8. The van der Waals surface area contributed by atoms with E-state index in [1.807, 2.05) is 47.4 Å². The lowest BCUT2D eigenvalue weighted by atomic mass is 10.1. The number of ether oxygens (including phenoxy) is 3. The highest BCUT2D eigenvalue weighted by Gasteiger charge is 2.34. The molecule has 0 atom stereocenters. The molecule has 6 nitrogen and oxygen atoms in total. The van der Waals surface area contributed by atoms with Crippen LogP contribution in [-0.4, -0.2) is 43.2 Å². The van der Waals surface area contributed by atoms with E-state index in [2.05, 4.69) is 4.98 Å². The van der Waals surface area contributed by atoms with Crippen molar-refractivity contribution in [3.05, 3.63) is 59.8 Å². The van der Waals surface area contributed by atoms with Gasteiger partial charge in [0, 0.05) is 17.0 Å². The molecule has 6 heteroatoms. The van der Waals surface area contributed by atoms with E-state index >= 15 is 0 Å². The van der Waals surface area contributed by atoms with Crippen molar-refractivity contribution in [2.75, 3.05) is 21.3 Å². The number of benzene rings is 2. The van der Waals surface area contributed by atoms with Crippen molar-refractivity contribution in [2.45, 2.75) is 25.4 Å². The summed E-state index contributed by atoms with van der Waals surface area (Å²) >= 11 is 0. The number of carbonyl (C=O) groups excluding carboxylic acids is 1. The smallest absolute Gasteiger partial charge is 0.273 e. The Balaban J connectivity index is 1.64. The highest BCUT2D eigenvalue weighted by molar-refractivity contribution is 5.95. The third kappa shape index (κ3) is 3.97. The second kappa shape index (κ2) is 7.99. The van der Waals surface area contributed by atoms with E-state index < -0.39 is 0 Å². The molecule has 0 N–H and O–H groups in total. The second-order valence-electron chi connectivity index (χ2n) is 7.10. The van der Waals surface area contributed by atoms with E-state index in [1.54, 1.807) is 27.4 Å². The number of methoxy groups -OCH3 is 3. The molecular weight excluding hydrogens is 368 g/mol. The van der Waals surface area contributed by atoms with E-state index in [-0.39, 0.29) is 11.9 Å². The zero-order valence-electron chi connectivity index (χ0n) is 16.8. The van der Waals surface area contributed by atoms with Crippen molar-refractivity contribution >= 4 is 16.8 Å². The molecule has 2 aromatic carbocycles. The van der Waals surface area contributed by atoms with Crippen LogP contribution in [0.2, 0.25) is 0 Å². The number of rotatable bonds is 7. The highest BCUT2D eigenvalue weighted by Crippen LogP contribution is 2.33. The summed E-state index contributed by atoms with van der Waals surface area (Å²) in [5.41, 5.74) is 2.13. The molecule has 1 saturated carbocycles. The number of amides is 1. The van der Waals surface area contributed by atoms with Crippen LogP contribution in [-0.2, 0) is 6.54 Å². The van der Waals surface area contributed by atoms with Gasteiger partial charge in [-0.1, -0.05) is 6.07 Å². The minimum Gasteiger partial charge on any atom is -0.497 e. The maximum Gasteiger partial charge on any atom is 0.273 e. The van der Waals surface area contributed by atoms with Crippen LogP contribution in [0, 0.1) is 0 Å². The van der Waals surface area contributed by atoms with E-state index in [0.717, 1.165) is 46.6 Å². The molecule has 0 unspecified atom stereocenters. The molecule has 150 valence electrons. The number of nitrogens with zero attached hydrogens (tertiary/aromatic N) is 2. The van der Waals surface area contributed by atoms with Crippen LogP contribution in [0.4, 0.5) is 0 Å². The molecule has 1 amide bonds. The Morgan fingerprint density at radius 2 is 1.69 bits per heavy atom. The van der Waals surface area contributed by atoms with Crippen molar-refractivity contribution in [1.29, 1.82) is 0 Å². The van der Waals surface area contributed by atoms with E-state index in [1.165, 1.54) is 0 Å². The number of fused-ring (bicyclic) bond motifs is 1. The van der Waals surface area contributed by atoms with Gasteiger partial charge in [-0.05, 0) is 55.3 Å². The Kier molecular flexibility index (Phi) is 5.25. The lowest BCUT2D eigenvalue weighted by Crippen LogP contribution is -2.33. The van der Waals surface area contributed by atoms with Gasteiger partial charge < -0.3 is 19.1 Å². The first-order valence-electron chi connectivity index (χ1n) is 9.59. The summed E-state index contributed by atoms with van der Waals surface area (Å²) < 4.78 is 16.1. The molecule has 0 aliphatic heterocycles. The van der Waals surface area contributed by atoms with Gasteiger partial charge in [0.1, 0.15) is 22.9 Å². The van der Waals surface area contributed by atoms with Crippen LogP contribution in [0.15, 0.2) is 48.5 Å². The molecular formula is C23H24N2O4. The molecule has 1 heterocycles. The quantitative estimate of drug-likeness (QED) is 0.607. The van der Waals surface area contributed by atoms with Gasteiger partial charge in [-0.3, -0.25) is 4.79 Å². The molecule has 0 saturated heterocycles. The largest absolute Gasteiger partial charge is 0.497 e. The molecule has 1 aliphatic carbocycles. The predicted molar refractivity (Wildman–Crippen MR) is 111 cm³/mol. The van der Waals surface area contributed by atoms with Crippen molar-refractivity contribution < 1.29 is 19.0 Å². The summed E-state index contributed by atoms with van der Waals surface area (Å²) in [4.78, 5) is 19.8. The summed E-state index contributed by atoms with van der Waals surface area (Å²) in [6.45, 7) is 0.451. The normalized spacial score (nSPS) is 13.2. The first-order valence-corrected chi connectivity index (χ1v) is 9.59. The fraction of sp³-hybridized carbons (Fsp3) is 0.304. The Bertz CT molecular complexity index is 1050. The predicted octanol–water partition coefficient (Wildman–Crippen LogP) is 4.07. The minimum absolute atomic E-state index is 0.0740. The van der Waals surface area contributed by atoms with Crippen LogP contribution in [0.25, 0.3) is 10.9 Å². The summed E-state index contributed by atoms with van der Waals surface area (Å²) in [5, 5.41) is 0.938. The maximum absolute atomic E-state index is 13.3. The van der Waals surface area contributed by atoms with E-state index in [9.17, 15) is 4.79 Å². The van der Waals surface area contributed by atoms with Crippen LogP contribution in [0.1, 0.15) is 28.9 Å². The molecule has 1 aliphatic rings. The fourth-order valence-electron chi connectivity index (χ4n) is 3.44. The van der Waals surface area contributed by atoms with Gasteiger partial charge >= 0.3 is 0 Å². The van der Waals surface area contributed by atoms with Crippen molar-refractivity contribution in [3.63, 3.8) is 0 Å². The van der Waals surface area contributed by atoms with E-state index in [0.29, 0.717) is 12.2 Å². The van der Waals surface area contributed by atoms with Gasteiger partial charge in [0.25, 0.3) is 5.91 Å². The van der Waals surface area contributed by atoms with Crippen LogP contribution in [0.5, 0.6) is 17.2 Å². The van der Waals surface area contributed by atoms with Crippen LogP contribution < -0.4 is 14.2 Å². The van der Waals surface area contributed by atoms with Crippen LogP contribution in [0.3, 0.4) is 0 Å². The Morgan fingerprint density at radius 1 is 0.966 bits per heavy atom. The van der Waals surface area contributed by atoms with Gasteiger partial charge in [-0.2, -0.15) is 0 Å². The molecule has 0 bridgehead atoms. The lowest BCUT2D eigenvalue weighted by Gasteiger charge is -2.23. The SMILES string of the molecule is COc1ccc(OC)c(CN(C(=O)c2ccc3cc(OC)ccc3n2)C2CC2)c1. The number of hydrogen-bond acceptors (Lipinski definition) is 5. The third-order valence-corrected chi connectivity index (χ3v) is 5.19. The first kappa shape index (κ1) is 19.1. The molecule has 0 spiro atoms. The van der Waals surface area contributed by atoms with Gasteiger partial charge in [0.2, 0.25) is 0 Å². The van der Waals surface area contributed by atoms with Crippen molar-refractivity contribution in [3.8, 4) is 17.2 Å². The standard InChI is InChI=1S/C23H24N2O4/c1-27-18-7-10-20-15(12-18)4-9-21(24-20)23(26)25(17-5-6-17)14-16-13-19(28-2)8-11-22(16)29-3/h4,7-13,17H,5-6,14H2,1-3H3. The molecule has 29 heavy (non-hydrogen) atoms. The number of aromatic nitrogens is 1. The zero-order chi connectivity index (χ0) is 20.4. The number of pyridine rings is 1. The van der Waals surface area contributed by atoms with Crippen molar-refractivity contribution in [2.24, 2.45) is 0 Å². The topological polar surface area (TPSA) is 60.9 Å². The lowest BCUT2D eigenvalue weighted by molar-refractivity contribution is 0.0723. The fourth-order valence-corrected chi connectivity index (χ4v) is 3.44. The average Bonchev–Trinajstić information content (AvgIpc) is 3.61. The van der Waals surface area contributed by atoms with Gasteiger partial charge in [0.15, 0.2) is 0 Å². The van der Waals surface area contributed by atoms with Gasteiger partial charge in [-0.25, -0.2) is 4.98 Å². The van der Waals surface area contributed by atoms with Gasteiger partial charge in [0.05, 0.1) is 33.4 Å². The summed E-state index contributed by atoms with van der Waals surface area (Å²) in [6.07, 6.45) is 2.01. The van der Waals surface area contributed by atoms with Gasteiger partial charge in [-0.15, -0.1) is 0 Å². The number of carbonyl (C=O) groups is 1. The molecule has 0 radical (unpaired) electrons. The molecule has 3 aromatic rings. The van der Waals surface area contributed by atoms with Crippen molar-refractivity contribution in [1.82, 2.24) is 9.88 Å². The number of hydrogen-bond donors (Lipinski definition) is 0. The third-order valence-electron chi connectivity index (χ3n) is 5.19. The summed E-state index contributed by atoms with van der Waals surface area (Å²) in [6, 6.07) is 15.2. The molecule has 1 fully saturated rings. The maximum atomic E-state index is 13.3. The monoisotopic (exact) mass is 392 g/mol. The Hall–Kier alpha value is -3.28. The average molecular weight is 392 g/mol.